The molecule has 0 amide bonds. The van der Waals surface area contributed by atoms with E-state index < -0.39 is 0 Å². The van der Waals surface area contributed by atoms with Gasteiger partial charge in [0.15, 0.2) is 0 Å². The predicted octanol–water partition coefficient (Wildman–Crippen LogP) is 1.44. The van der Waals surface area contributed by atoms with Gasteiger partial charge in [-0.15, -0.1) is 0 Å². The van der Waals surface area contributed by atoms with Crippen LogP contribution in [0.15, 0.2) is 30.3 Å². The highest BCUT2D eigenvalue weighted by Crippen LogP contribution is 2.10. The van der Waals surface area contributed by atoms with Crippen molar-refractivity contribution in [2.24, 2.45) is 0 Å². The van der Waals surface area contributed by atoms with Gasteiger partial charge in [0.05, 0.1) is 6.61 Å². The average Bonchev–Trinajstić information content (AvgIpc) is 2.69. The summed E-state index contributed by atoms with van der Waals surface area (Å²) in [5.41, 5.74) is 0. The molecular weight excluding hydrogens is 168 g/mol. The van der Waals surface area contributed by atoms with Crippen molar-refractivity contribution in [3.05, 3.63) is 30.3 Å². The minimum atomic E-state index is 0.0835. The molecule has 0 N–H and O–H groups in total. The van der Waals surface area contributed by atoms with E-state index in [9.17, 15) is 0 Å². The van der Waals surface area contributed by atoms with Gasteiger partial charge in [0.1, 0.15) is 25.3 Å². The van der Waals surface area contributed by atoms with Gasteiger partial charge >= 0.3 is 0 Å². The van der Waals surface area contributed by atoms with Crippen molar-refractivity contribution < 1.29 is 14.2 Å². The molecule has 1 aliphatic rings. The van der Waals surface area contributed by atoms with E-state index in [4.69, 9.17) is 14.2 Å². The van der Waals surface area contributed by atoms with Gasteiger partial charge < -0.3 is 14.2 Å². The molecule has 0 aromatic heterocycles. The number of para-hydroxylation sites is 1. The van der Waals surface area contributed by atoms with Crippen molar-refractivity contribution in [3.63, 3.8) is 0 Å². The summed E-state index contributed by atoms with van der Waals surface area (Å²) in [7, 11) is 0. The molecule has 1 fully saturated rings. The zero-order valence-electron chi connectivity index (χ0n) is 7.31. The number of rotatable bonds is 3. The lowest BCUT2D eigenvalue weighted by molar-refractivity contribution is 0.0320. The fourth-order valence-electron chi connectivity index (χ4n) is 1.17. The van der Waals surface area contributed by atoms with Crippen LogP contribution in [0.25, 0.3) is 0 Å². The Labute approximate surface area is 77.2 Å². The number of ether oxygens (including phenoxy) is 3. The Morgan fingerprint density at radius 3 is 2.85 bits per heavy atom. The summed E-state index contributed by atoms with van der Waals surface area (Å²) in [4.78, 5) is 0. The van der Waals surface area contributed by atoms with Crippen molar-refractivity contribution in [1.29, 1.82) is 0 Å². The van der Waals surface area contributed by atoms with Gasteiger partial charge in [-0.2, -0.15) is 0 Å². The van der Waals surface area contributed by atoms with Crippen LogP contribution < -0.4 is 4.74 Å². The fourth-order valence-corrected chi connectivity index (χ4v) is 1.17. The van der Waals surface area contributed by atoms with Gasteiger partial charge in [0.25, 0.3) is 0 Å². The van der Waals surface area contributed by atoms with Gasteiger partial charge in [0.2, 0.25) is 0 Å². The zero-order valence-corrected chi connectivity index (χ0v) is 7.31. The minimum absolute atomic E-state index is 0.0835. The second kappa shape index (κ2) is 4.25. The van der Waals surface area contributed by atoms with E-state index in [-0.39, 0.29) is 6.10 Å². The Bertz CT molecular complexity index is 242. The molecule has 3 nitrogen and oxygen atoms in total. The lowest BCUT2D eigenvalue weighted by atomic mass is 10.3. The average molecular weight is 180 g/mol. The van der Waals surface area contributed by atoms with E-state index in [0.717, 1.165) is 5.75 Å². The molecule has 1 saturated heterocycles. The summed E-state index contributed by atoms with van der Waals surface area (Å²) in [6.07, 6.45) is 0.0835. The first-order chi connectivity index (χ1) is 6.45. The summed E-state index contributed by atoms with van der Waals surface area (Å²) >= 11 is 0. The molecule has 0 saturated carbocycles. The number of hydrogen-bond acceptors (Lipinski definition) is 3. The van der Waals surface area contributed by atoms with E-state index in [1.54, 1.807) is 0 Å². The summed E-state index contributed by atoms with van der Waals surface area (Å²) in [6.45, 7) is 1.58. The van der Waals surface area contributed by atoms with Crippen LogP contribution in [0.2, 0.25) is 0 Å². The fraction of sp³-hybridized carbons (Fsp3) is 0.400. The van der Waals surface area contributed by atoms with Gasteiger partial charge in [-0.25, -0.2) is 0 Å². The second-order valence-electron chi connectivity index (χ2n) is 2.90. The van der Waals surface area contributed by atoms with Gasteiger partial charge in [-0.3, -0.25) is 0 Å². The second-order valence-corrected chi connectivity index (χ2v) is 2.90. The van der Waals surface area contributed by atoms with Crippen molar-refractivity contribution >= 4 is 0 Å². The van der Waals surface area contributed by atoms with Gasteiger partial charge in [0, 0.05) is 0 Å². The molecule has 0 radical (unpaired) electrons. The number of benzene rings is 1. The molecule has 1 aliphatic heterocycles. The van der Waals surface area contributed by atoms with Crippen LogP contribution in [0.3, 0.4) is 0 Å². The summed E-state index contributed by atoms with van der Waals surface area (Å²) in [5.74, 6) is 0.873. The molecule has 1 aromatic rings. The Hall–Kier alpha value is -1.06. The van der Waals surface area contributed by atoms with Crippen LogP contribution in [0.4, 0.5) is 0 Å². The molecule has 1 heterocycles. The Morgan fingerprint density at radius 1 is 1.31 bits per heavy atom. The van der Waals surface area contributed by atoms with Gasteiger partial charge in [-0.1, -0.05) is 18.2 Å². The first-order valence-corrected chi connectivity index (χ1v) is 4.32. The lowest BCUT2D eigenvalue weighted by Crippen LogP contribution is -2.19. The maximum Gasteiger partial charge on any atom is 0.147 e. The molecule has 0 aliphatic carbocycles. The summed E-state index contributed by atoms with van der Waals surface area (Å²) in [5, 5.41) is 0. The van der Waals surface area contributed by atoms with Crippen LogP contribution in [0.5, 0.6) is 5.75 Å². The van der Waals surface area contributed by atoms with Crippen LogP contribution in [0.1, 0.15) is 0 Å². The van der Waals surface area contributed by atoms with Crippen LogP contribution in [-0.2, 0) is 9.47 Å². The van der Waals surface area contributed by atoms with Crippen molar-refractivity contribution in [3.8, 4) is 5.75 Å². The normalized spacial score (nSPS) is 21.7. The maximum absolute atomic E-state index is 5.48. The summed E-state index contributed by atoms with van der Waals surface area (Å²) in [6, 6.07) is 9.70. The van der Waals surface area contributed by atoms with Crippen molar-refractivity contribution in [1.82, 2.24) is 0 Å². The highest BCUT2D eigenvalue weighted by Gasteiger charge is 2.16. The van der Waals surface area contributed by atoms with Crippen LogP contribution in [0, 0.1) is 0 Å². The van der Waals surface area contributed by atoms with E-state index in [0.29, 0.717) is 20.0 Å². The highest BCUT2D eigenvalue weighted by atomic mass is 16.7. The van der Waals surface area contributed by atoms with E-state index >= 15 is 0 Å². The Balaban J connectivity index is 1.79. The smallest absolute Gasteiger partial charge is 0.147 e. The standard InChI is InChI=1S/C10H12O3/c1-2-4-9(5-3-1)12-7-10-6-11-8-13-10/h1-5,10H,6-8H2. The Kier molecular flexibility index (Phi) is 2.79. The molecule has 1 atom stereocenters. The van der Waals surface area contributed by atoms with Crippen LogP contribution in [-0.4, -0.2) is 26.1 Å². The topological polar surface area (TPSA) is 27.7 Å². The molecule has 1 unspecified atom stereocenters. The predicted molar refractivity (Wildman–Crippen MR) is 47.6 cm³/mol. The zero-order chi connectivity index (χ0) is 8.93. The largest absolute Gasteiger partial charge is 0.491 e. The first-order valence-electron chi connectivity index (χ1n) is 4.32. The minimum Gasteiger partial charge on any atom is -0.491 e. The van der Waals surface area contributed by atoms with E-state index in [1.165, 1.54) is 0 Å². The van der Waals surface area contributed by atoms with Crippen LogP contribution >= 0.6 is 0 Å². The third-order valence-corrected chi connectivity index (χ3v) is 1.87. The van der Waals surface area contributed by atoms with Crippen molar-refractivity contribution in [2.45, 2.75) is 6.10 Å². The number of hydrogen-bond donors (Lipinski definition) is 0. The molecule has 70 valence electrons. The third-order valence-electron chi connectivity index (χ3n) is 1.87. The molecule has 3 heteroatoms. The Morgan fingerprint density at radius 2 is 2.15 bits per heavy atom. The SMILES string of the molecule is c1ccc(OCC2COCO2)cc1. The molecular formula is C10H12O3. The quantitative estimate of drug-likeness (QED) is 0.704. The van der Waals surface area contributed by atoms with E-state index in [1.807, 2.05) is 30.3 Å². The molecule has 1 aromatic carbocycles. The molecule has 2 rings (SSSR count). The molecule has 0 spiro atoms. The van der Waals surface area contributed by atoms with Gasteiger partial charge in [-0.05, 0) is 12.1 Å². The van der Waals surface area contributed by atoms with Crippen molar-refractivity contribution in [2.75, 3.05) is 20.0 Å². The molecule has 13 heavy (non-hydrogen) atoms. The first kappa shape index (κ1) is 8.53. The van der Waals surface area contributed by atoms with E-state index in [2.05, 4.69) is 0 Å². The summed E-state index contributed by atoms with van der Waals surface area (Å²) < 4.78 is 15.8. The monoisotopic (exact) mass is 180 g/mol. The maximum atomic E-state index is 5.48. The lowest BCUT2D eigenvalue weighted by Gasteiger charge is -2.09. The highest BCUT2D eigenvalue weighted by molar-refractivity contribution is 5.20. The third kappa shape index (κ3) is 2.44. The molecule has 0 bridgehead atoms.